The third kappa shape index (κ3) is 2.18. The van der Waals surface area contributed by atoms with E-state index in [1.165, 1.54) is 4.57 Å². The summed E-state index contributed by atoms with van der Waals surface area (Å²) >= 11 is 0. The predicted molar refractivity (Wildman–Crippen MR) is 81.6 cm³/mol. The van der Waals surface area contributed by atoms with E-state index in [1.54, 1.807) is 0 Å². The molecule has 6 heteroatoms. The normalized spacial score (nSPS) is 11.2. The quantitative estimate of drug-likeness (QED) is 0.751. The molecule has 2 aromatic heterocycles. The van der Waals surface area contributed by atoms with Crippen molar-refractivity contribution in [2.24, 2.45) is 0 Å². The van der Waals surface area contributed by atoms with Crippen LogP contribution in [0.2, 0.25) is 0 Å². The second kappa shape index (κ2) is 4.73. The van der Waals surface area contributed by atoms with E-state index in [-0.39, 0.29) is 0 Å². The molecule has 0 saturated carbocycles. The molecular weight excluding hydrogens is 268 g/mol. The number of hydrogen-bond donors (Lipinski definition) is 2. The van der Waals surface area contributed by atoms with Gasteiger partial charge >= 0.3 is 5.69 Å². The van der Waals surface area contributed by atoms with Crippen LogP contribution in [0, 0.1) is 13.8 Å². The second-order valence-electron chi connectivity index (χ2n) is 5.16. The van der Waals surface area contributed by atoms with Gasteiger partial charge in [0.2, 0.25) is 0 Å². The summed E-state index contributed by atoms with van der Waals surface area (Å²) in [6.45, 7) is 6.30. The number of fused-ring (bicyclic) bond motifs is 1. The Kier molecular flexibility index (Phi) is 3.01. The molecule has 0 aliphatic rings. The molecular formula is C15H16N4O2. The monoisotopic (exact) mass is 284 g/mol. The molecule has 0 saturated heterocycles. The van der Waals surface area contributed by atoms with Crippen LogP contribution < -0.4 is 11.2 Å². The maximum absolute atomic E-state index is 11.9. The summed E-state index contributed by atoms with van der Waals surface area (Å²) in [6.07, 6.45) is 0. The van der Waals surface area contributed by atoms with Crippen LogP contribution in [0.3, 0.4) is 0 Å². The average Bonchev–Trinajstić information content (AvgIpc) is 2.83. The fourth-order valence-corrected chi connectivity index (χ4v) is 2.58. The lowest BCUT2D eigenvalue weighted by atomic mass is 10.1. The van der Waals surface area contributed by atoms with Gasteiger partial charge < -0.3 is 4.98 Å². The van der Waals surface area contributed by atoms with Gasteiger partial charge in [-0.1, -0.05) is 17.2 Å². The molecule has 2 N–H and O–H groups in total. The van der Waals surface area contributed by atoms with E-state index in [2.05, 4.69) is 21.0 Å². The van der Waals surface area contributed by atoms with Gasteiger partial charge in [-0.15, -0.1) is 0 Å². The highest BCUT2D eigenvalue weighted by Crippen LogP contribution is 2.21. The molecule has 0 aliphatic heterocycles. The first-order valence-corrected chi connectivity index (χ1v) is 6.81. The summed E-state index contributed by atoms with van der Waals surface area (Å²) in [6, 6.07) is 6.06. The number of nitrogens with zero attached hydrogens (tertiary/aromatic N) is 2. The summed E-state index contributed by atoms with van der Waals surface area (Å²) < 4.78 is 1.44. The van der Waals surface area contributed by atoms with E-state index in [4.69, 9.17) is 0 Å². The van der Waals surface area contributed by atoms with Crippen LogP contribution in [0.15, 0.2) is 27.8 Å². The Morgan fingerprint density at radius 1 is 1.10 bits per heavy atom. The molecule has 0 unspecified atom stereocenters. The number of aryl methyl sites for hydroxylation is 3. The first-order valence-electron chi connectivity index (χ1n) is 6.81. The van der Waals surface area contributed by atoms with Gasteiger partial charge in [0.15, 0.2) is 5.65 Å². The van der Waals surface area contributed by atoms with E-state index in [9.17, 15) is 9.59 Å². The lowest BCUT2D eigenvalue weighted by Crippen LogP contribution is -2.29. The molecule has 0 aliphatic carbocycles. The summed E-state index contributed by atoms with van der Waals surface area (Å²) in [7, 11) is 0. The van der Waals surface area contributed by atoms with E-state index in [1.807, 2.05) is 32.9 Å². The lowest BCUT2D eigenvalue weighted by molar-refractivity contribution is 0.720. The van der Waals surface area contributed by atoms with Crippen LogP contribution in [0.4, 0.5) is 0 Å². The van der Waals surface area contributed by atoms with Crippen molar-refractivity contribution in [2.45, 2.75) is 27.3 Å². The van der Waals surface area contributed by atoms with Gasteiger partial charge in [-0.3, -0.25) is 14.3 Å². The number of benzene rings is 1. The van der Waals surface area contributed by atoms with E-state index in [0.29, 0.717) is 23.5 Å². The topological polar surface area (TPSA) is 83.5 Å². The Morgan fingerprint density at radius 2 is 1.76 bits per heavy atom. The summed E-state index contributed by atoms with van der Waals surface area (Å²) in [4.78, 5) is 33.5. The highest BCUT2D eigenvalue weighted by Gasteiger charge is 2.13. The Labute approximate surface area is 120 Å². The maximum atomic E-state index is 11.9. The van der Waals surface area contributed by atoms with Gasteiger partial charge in [-0.05, 0) is 32.9 Å². The fourth-order valence-electron chi connectivity index (χ4n) is 2.58. The molecule has 1 aromatic carbocycles. The van der Waals surface area contributed by atoms with Gasteiger partial charge in [0.05, 0.1) is 0 Å². The minimum atomic E-state index is -0.442. The van der Waals surface area contributed by atoms with Crippen molar-refractivity contribution in [3.05, 3.63) is 50.2 Å². The smallest absolute Gasteiger partial charge is 0.330 e. The first-order chi connectivity index (χ1) is 9.99. The Balaban J connectivity index is 2.33. The van der Waals surface area contributed by atoms with Crippen LogP contribution in [-0.4, -0.2) is 19.5 Å². The van der Waals surface area contributed by atoms with Crippen LogP contribution in [0.5, 0.6) is 0 Å². The van der Waals surface area contributed by atoms with E-state index < -0.39 is 11.2 Å². The second-order valence-corrected chi connectivity index (χ2v) is 5.16. The van der Waals surface area contributed by atoms with Crippen molar-refractivity contribution in [3.63, 3.8) is 0 Å². The molecule has 2 heterocycles. The third-order valence-electron chi connectivity index (χ3n) is 3.44. The molecule has 0 spiro atoms. The lowest BCUT2D eigenvalue weighted by Gasteiger charge is -2.01. The van der Waals surface area contributed by atoms with Crippen molar-refractivity contribution in [3.8, 4) is 11.4 Å². The van der Waals surface area contributed by atoms with E-state index in [0.717, 1.165) is 16.7 Å². The number of H-pyrrole nitrogens is 2. The summed E-state index contributed by atoms with van der Waals surface area (Å²) in [5.41, 5.74) is 2.97. The highest BCUT2D eigenvalue weighted by molar-refractivity contribution is 5.75. The zero-order valence-electron chi connectivity index (χ0n) is 12.2. The molecule has 0 amide bonds. The standard InChI is InChI=1S/C15H16N4O2/c1-4-19-13-11(14(20)18-15(19)21)16-12(17-13)10-6-8(2)5-9(3)7-10/h5-7H,4H2,1-3H3,(H,16,17)(H,18,20,21). The number of aromatic nitrogens is 4. The molecule has 108 valence electrons. The zero-order valence-corrected chi connectivity index (χ0v) is 12.2. The third-order valence-corrected chi connectivity index (χ3v) is 3.44. The highest BCUT2D eigenvalue weighted by atomic mass is 16.2. The maximum Gasteiger partial charge on any atom is 0.330 e. The molecule has 3 aromatic rings. The number of rotatable bonds is 2. The molecule has 21 heavy (non-hydrogen) atoms. The van der Waals surface area contributed by atoms with Gasteiger partial charge in [0, 0.05) is 12.1 Å². The molecule has 3 rings (SSSR count). The largest absolute Gasteiger partial charge is 0.332 e. The van der Waals surface area contributed by atoms with Crippen LogP contribution in [0.25, 0.3) is 22.6 Å². The number of hydrogen-bond acceptors (Lipinski definition) is 3. The van der Waals surface area contributed by atoms with Crippen molar-refractivity contribution in [1.82, 2.24) is 19.5 Å². The van der Waals surface area contributed by atoms with Gasteiger partial charge in [0.25, 0.3) is 5.56 Å². The van der Waals surface area contributed by atoms with E-state index >= 15 is 0 Å². The summed E-state index contributed by atoms with van der Waals surface area (Å²) in [5.74, 6) is 0.593. The van der Waals surface area contributed by atoms with Crippen LogP contribution in [0.1, 0.15) is 18.1 Å². The SMILES string of the molecule is CCn1c(=O)[nH]c(=O)c2[nH]c(-c3cc(C)cc(C)c3)nc21. The average molecular weight is 284 g/mol. The van der Waals surface area contributed by atoms with Crippen molar-refractivity contribution < 1.29 is 0 Å². The van der Waals surface area contributed by atoms with Crippen LogP contribution >= 0.6 is 0 Å². The molecule has 0 atom stereocenters. The molecule has 6 nitrogen and oxygen atoms in total. The van der Waals surface area contributed by atoms with Gasteiger partial charge in [0.1, 0.15) is 11.3 Å². The number of nitrogens with one attached hydrogen (secondary N) is 2. The van der Waals surface area contributed by atoms with Crippen LogP contribution in [-0.2, 0) is 6.54 Å². The number of aromatic amines is 2. The summed E-state index contributed by atoms with van der Waals surface area (Å²) in [5, 5.41) is 0. The minimum absolute atomic E-state index is 0.325. The van der Waals surface area contributed by atoms with Crippen molar-refractivity contribution >= 4 is 11.2 Å². The minimum Gasteiger partial charge on any atom is -0.332 e. The Hall–Kier alpha value is -2.63. The van der Waals surface area contributed by atoms with Gasteiger partial charge in [-0.2, -0.15) is 0 Å². The molecule has 0 bridgehead atoms. The molecule has 0 fully saturated rings. The predicted octanol–water partition coefficient (Wildman–Crippen LogP) is 1.72. The fraction of sp³-hybridized carbons (Fsp3) is 0.267. The Bertz CT molecular complexity index is 926. The van der Waals surface area contributed by atoms with Crippen molar-refractivity contribution in [1.29, 1.82) is 0 Å². The molecule has 0 radical (unpaired) electrons. The van der Waals surface area contributed by atoms with Crippen molar-refractivity contribution in [2.75, 3.05) is 0 Å². The zero-order chi connectivity index (χ0) is 15.1. The Morgan fingerprint density at radius 3 is 2.38 bits per heavy atom. The first kappa shape index (κ1) is 13.4. The van der Waals surface area contributed by atoms with Gasteiger partial charge in [-0.25, -0.2) is 9.78 Å². The number of imidazole rings is 1.